The molecule has 0 unspecified atom stereocenters. The fourth-order valence-corrected chi connectivity index (χ4v) is 2.69. The number of benzene rings is 1. The number of hydrogen-bond donors (Lipinski definition) is 1. The van der Waals surface area contributed by atoms with E-state index in [0.29, 0.717) is 16.3 Å². The highest BCUT2D eigenvalue weighted by atomic mass is 35.5. The zero-order valence-electron chi connectivity index (χ0n) is 15.4. The van der Waals surface area contributed by atoms with Gasteiger partial charge in [-0.3, -0.25) is 9.78 Å². The molecule has 1 aromatic carbocycles. The summed E-state index contributed by atoms with van der Waals surface area (Å²) in [4.78, 5) is 17.0. The number of primary amides is 1. The molecule has 6 heteroatoms. The highest BCUT2D eigenvalue weighted by Gasteiger charge is 2.16. The van der Waals surface area contributed by atoms with Gasteiger partial charge in [0.15, 0.2) is 0 Å². The Kier molecular flexibility index (Phi) is 6.64. The van der Waals surface area contributed by atoms with E-state index in [1.54, 1.807) is 30.6 Å². The Morgan fingerprint density at radius 2 is 1.56 bits per heavy atom. The number of nitrogens with two attached hydrogens (primary N) is 1. The monoisotopic (exact) mass is 385 g/mol. The number of aromatic nitrogens is 2. The Hall–Kier alpha value is -2.79. The lowest BCUT2D eigenvalue weighted by atomic mass is 9.89. The molecule has 0 spiro atoms. The first-order chi connectivity index (χ1) is 12.8. The van der Waals surface area contributed by atoms with Crippen molar-refractivity contribution < 1.29 is 9.18 Å². The highest BCUT2D eigenvalue weighted by Crippen LogP contribution is 2.31. The first-order valence-electron chi connectivity index (χ1n) is 8.30. The van der Waals surface area contributed by atoms with Gasteiger partial charge in [-0.05, 0) is 53.1 Å². The van der Waals surface area contributed by atoms with E-state index < -0.39 is 0 Å². The third kappa shape index (κ3) is 5.34. The number of carbonyl (C=O) groups is 1. The van der Waals surface area contributed by atoms with Crippen LogP contribution in [0.1, 0.15) is 26.5 Å². The topological polar surface area (TPSA) is 68.9 Å². The SMILES string of the molecule is CC(C)(C)c1cc(-c2ccc(F)c(-c3ccnc(Cl)c3)c2)ccn1.NC=O. The molecule has 140 valence electrons. The van der Waals surface area contributed by atoms with Crippen LogP contribution in [-0.4, -0.2) is 16.4 Å². The molecule has 0 radical (unpaired) electrons. The molecule has 1 amide bonds. The minimum atomic E-state index is -0.286. The van der Waals surface area contributed by atoms with Crippen LogP contribution in [0.3, 0.4) is 0 Å². The first-order valence-corrected chi connectivity index (χ1v) is 8.68. The van der Waals surface area contributed by atoms with E-state index in [-0.39, 0.29) is 17.6 Å². The summed E-state index contributed by atoms with van der Waals surface area (Å²) in [7, 11) is 0. The molecule has 27 heavy (non-hydrogen) atoms. The molecule has 0 atom stereocenters. The van der Waals surface area contributed by atoms with Crippen LogP contribution in [0, 0.1) is 5.82 Å². The molecule has 2 N–H and O–H groups in total. The van der Waals surface area contributed by atoms with Crippen molar-refractivity contribution in [1.29, 1.82) is 0 Å². The maximum Gasteiger partial charge on any atom is 0.204 e. The molecule has 4 nitrogen and oxygen atoms in total. The zero-order valence-corrected chi connectivity index (χ0v) is 16.2. The van der Waals surface area contributed by atoms with Crippen molar-refractivity contribution in [2.24, 2.45) is 5.73 Å². The van der Waals surface area contributed by atoms with Gasteiger partial charge in [-0.2, -0.15) is 0 Å². The standard InChI is InChI=1S/C20H18ClFN2.CH3NO/c1-20(2,3)18-11-14(6-8-23-18)13-4-5-17(22)16(10-13)15-7-9-24-19(21)12-15;2-1-3/h4-12H,1-3H3;1H,(H2,2,3). The van der Waals surface area contributed by atoms with Gasteiger partial charge in [-0.15, -0.1) is 0 Å². The van der Waals surface area contributed by atoms with Crippen molar-refractivity contribution in [3.05, 3.63) is 71.5 Å². The van der Waals surface area contributed by atoms with Gasteiger partial charge < -0.3 is 5.73 Å². The number of halogens is 2. The van der Waals surface area contributed by atoms with Crippen LogP contribution in [0.2, 0.25) is 5.15 Å². The average molecular weight is 386 g/mol. The lowest BCUT2D eigenvalue weighted by molar-refractivity contribution is -0.106. The molecule has 3 aromatic rings. The fourth-order valence-electron chi connectivity index (χ4n) is 2.52. The van der Waals surface area contributed by atoms with Gasteiger partial charge in [-0.1, -0.05) is 38.4 Å². The average Bonchev–Trinajstić information content (AvgIpc) is 2.62. The van der Waals surface area contributed by atoms with Crippen molar-refractivity contribution in [3.63, 3.8) is 0 Å². The van der Waals surface area contributed by atoms with Crippen LogP contribution in [0.5, 0.6) is 0 Å². The fraction of sp³-hybridized carbons (Fsp3) is 0.190. The lowest BCUT2D eigenvalue weighted by Gasteiger charge is -2.18. The second kappa shape index (κ2) is 8.73. The van der Waals surface area contributed by atoms with Gasteiger partial charge in [0.05, 0.1) is 0 Å². The van der Waals surface area contributed by atoms with Crippen molar-refractivity contribution in [3.8, 4) is 22.3 Å². The van der Waals surface area contributed by atoms with E-state index in [9.17, 15) is 4.39 Å². The third-order valence-corrected chi connectivity index (χ3v) is 4.07. The Bertz CT molecular complexity index is 939. The molecule has 2 heterocycles. The van der Waals surface area contributed by atoms with Crippen LogP contribution in [0.25, 0.3) is 22.3 Å². The normalized spacial score (nSPS) is 10.7. The molecule has 0 saturated heterocycles. The summed E-state index contributed by atoms with van der Waals surface area (Å²) >= 11 is 5.93. The zero-order chi connectivity index (χ0) is 20.0. The smallest absolute Gasteiger partial charge is 0.204 e. The van der Waals surface area contributed by atoms with Crippen LogP contribution < -0.4 is 5.73 Å². The van der Waals surface area contributed by atoms with E-state index >= 15 is 0 Å². The van der Waals surface area contributed by atoms with Crippen LogP contribution in [0.15, 0.2) is 54.9 Å². The molecule has 0 aliphatic rings. The Balaban J connectivity index is 0.000000817. The van der Waals surface area contributed by atoms with E-state index in [4.69, 9.17) is 16.4 Å². The number of carbonyl (C=O) groups excluding carboxylic acids is 1. The lowest BCUT2D eigenvalue weighted by Crippen LogP contribution is -2.13. The molecule has 0 fully saturated rings. The minimum absolute atomic E-state index is 0.0442. The molecule has 2 aromatic heterocycles. The maximum atomic E-state index is 14.3. The minimum Gasteiger partial charge on any atom is -0.372 e. The number of hydrogen-bond acceptors (Lipinski definition) is 3. The summed E-state index contributed by atoms with van der Waals surface area (Å²) in [6.07, 6.45) is 3.62. The summed E-state index contributed by atoms with van der Waals surface area (Å²) < 4.78 is 14.3. The van der Waals surface area contributed by atoms with Crippen molar-refractivity contribution in [2.75, 3.05) is 0 Å². The van der Waals surface area contributed by atoms with Crippen LogP contribution in [0.4, 0.5) is 4.39 Å². The van der Waals surface area contributed by atoms with Crippen molar-refractivity contribution in [1.82, 2.24) is 9.97 Å². The number of amides is 1. The van der Waals surface area contributed by atoms with Gasteiger partial charge in [0.2, 0.25) is 6.41 Å². The van der Waals surface area contributed by atoms with Crippen molar-refractivity contribution in [2.45, 2.75) is 26.2 Å². The van der Waals surface area contributed by atoms with E-state index in [0.717, 1.165) is 16.8 Å². The predicted octanol–water partition coefficient (Wildman–Crippen LogP) is 5.00. The van der Waals surface area contributed by atoms with E-state index in [1.807, 2.05) is 12.1 Å². The van der Waals surface area contributed by atoms with Crippen LogP contribution >= 0.6 is 11.6 Å². The number of nitrogens with zero attached hydrogens (tertiary/aromatic N) is 2. The molecule has 0 bridgehead atoms. The summed E-state index contributed by atoms with van der Waals surface area (Å²) in [6.45, 7) is 6.36. The summed E-state index contributed by atoms with van der Waals surface area (Å²) in [5.74, 6) is -0.286. The summed E-state index contributed by atoms with van der Waals surface area (Å²) in [5.41, 5.74) is 8.28. The molecular weight excluding hydrogens is 365 g/mol. The Labute approximate surface area is 163 Å². The largest absolute Gasteiger partial charge is 0.372 e. The van der Waals surface area contributed by atoms with Gasteiger partial charge in [0.1, 0.15) is 11.0 Å². The molecule has 0 aliphatic heterocycles. The quantitative estimate of drug-likeness (QED) is 0.498. The van der Waals surface area contributed by atoms with Gasteiger partial charge in [0, 0.05) is 29.1 Å². The van der Waals surface area contributed by atoms with Gasteiger partial charge >= 0.3 is 0 Å². The van der Waals surface area contributed by atoms with Crippen LogP contribution in [-0.2, 0) is 10.2 Å². The predicted molar refractivity (Wildman–Crippen MR) is 107 cm³/mol. The Morgan fingerprint density at radius 3 is 2.19 bits per heavy atom. The third-order valence-electron chi connectivity index (χ3n) is 3.87. The molecule has 0 saturated carbocycles. The molecule has 0 aliphatic carbocycles. The second-order valence-electron chi connectivity index (χ2n) is 6.88. The van der Waals surface area contributed by atoms with Crippen molar-refractivity contribution >= 4 is 18.0 Å². The molecular formula is C21H21ClFN3O. The molecule has 3 rings (SSSR count). The maximum absolute atomic E-state index is 14.3. The van der Waals surface area contributed by atoms with Gasteiger partial charge in [0.25, 0.3) is 0 Å². The Morgan fingerprint density at radius 1 is 0.963 bits per heavy atom. The summed E-state index contributed by atoms with van der Waals surface area (Å²) in [6, 6.07) is 12.5. The number of pyridine rings is 2. The van der Waals surface area contributed by atoms with E-state index in [1.165, 1.54) is 6.07 Å². The highest BCUT2D eigenvalue weighted by molar-refractivity contribution is 6.29. The second-order valence-corrected chi connectivity index (χ2v) is 7.26. The summed E-state index contributed by atoms with van der Waals surface area (Å²) in [5, 5.41) is 0.344. The van der Waals surface area contributed by atoms with E-state index in [2.05, 4.69) is 42.5 Å². The van der Waals surface area contributed by atoms with Gasteiger partial charge in [-0.25, -0.2) is 9.37 Å². The number of rotatable bonds is 2. The first kappa shape index (κ1) is 20.5.